The van der Waals surface area contributed by atoms with Crippen LogP contribution in [0.1, 0.15) is 303 Å². The molecular formula is C71H120O6. The molecule has 0 bridgehead atoms. The molecule has 0 aliphatic rings. The fourth-order valence-corrected chi connectivity index (χ4v) is 8.92. The van der Waals surface area contributed by atoms with E-state index in [0.29, 0.717) is 19.3 Å². The molecule has 0 aliphatic heterocycles. The summed E-state index contributed by atoms with van der Waals surface area (Å²) in [6.07, 6.45) is 88.1. The normalized spacial score (nSPS) is 12.8. The highest BCUT2D eigenvalue weighted by Crippen LogP contribution is 2.16. The van der Waals surface area contributed by atoms with Crippen molar-refractivity contribution in [1.29, 1.82) is 0 Å². The van der Waals surface area contributed by atoms with E-state index in [-0.39, 0.29) is 31.1 Å². The largest absolute Gasteiger partial charge is 0.462 e. The van der Waals surface area contributed by atoms with Crippen LogP contribution in [0, 0.1) is 0 Å². The second-order valence-corrected chi connectivity index (χ2v) is 21.3. The van der Waals surface area contributed by atoms with Crippen LogP contribution in [0.3, 0.4) is 0 Å². The monoisotopic (exact) mass is 1070 g/mol. The van der Waals surface area contributed by atoms with Gasteiger partial charge in [-0.1, -0.05) is 284 Å². The van der Waals surface area contributed by atoms with Gasteiger partial charge in [0.2, 0.25) is 0 Å². The van der Waals surface area contributed by atoms with E-state index in [4.69, 9.17) is 14.2 Å². The highest BCUT2D eigenvalue weighted by atomic mass is 16.6. The second-order valence-electron chi connectivity index (χ2n) is 21.3. The summed E-state index contributed by atoms with van der Waals surface area (Å²) in [5.74, 6) is -0.895. The van der Waals surface area contributed by atoms with Crippen molar-refractivity contribution in [2.24, 2.45) is 0 Å². The molecule has 0 N–H and O–H groups in total. The lowest BCUT2D eigenvalue weighted by molar-refractivity contribution is -0.167. The van der Waals surface area contributed by atoms with E-state index in [0.717, 1.165) is 122 Å². The average Bonchev–Trinajstić information content (AvgIpc) is 3.43. The molecule has 0 aromatic heterocycles. The third-order valence-corrected chi connectivity index (χ3v) is 13.8. The van der Waals surface area contributed by atoms with Gasteiger partial charge in [-0.2, -0.15) is 0 Å². The van der Waals surface area contributed by atoms with Crippen LogP contribution in [0.15, 0.2) is 109 Å². The summed E-state index contributed by atoms with van der Waals surface area (Å²) < 4.78 is 16.9. The number of ether oxygens (including phenoxy) is 3. The van der Waals surface area contributed by atoms with Crippen LogP contribution in [-0.2, 0) is 28.6 Å². The molecule has 0 fully saturated rings. The summed E-state index contributed by atoms with van der Waals surface area (Å²) >= 11 is 0. The predicted octanol–water partition coefficient (Wildman–Crippen LogP) is 22.2. The summed E-state index contributed by atoms with van der Waals surface area (Å²) in [7, 11) is 0. The Balaban J connectivity index is 4.29. The molecule has 0 spiro atoms. The fourth-order valence-electron chi connectivity index (χ4n) is 8.92. The summed E-state index contributed by atoms with van der Waals surface area (Å²) in [4.78, 5) is 38.2. The topological polar surface area (TPSA) is 78.9 Å². The number of hydrogen-bond donors (Lipinski definition) is 0. The maximum Gasteiger partial charge on any atom is 0.306 e. The Kier molecular flexibility index (Phi) is 61.3. The molecule has 0 saturated heterocycles. The van der Waals surface area contributed by atoms with Gasteiger partial charge in [-0.25, -0.2) is 0 Å². The molecule has 77 heavy (non-hydrogen) atoms. The van der Waals surface area contributed by atoms with Gasteiger partial charge in [-0.3, -0.25) is 14.4 Å². The van der Waals surface area contributed by atoms with Crippen molar-refractivity contribution in [3.05, 3.63) is 109 Å². The Morgan fingerprint density at radius 1 is 0.273 bits per heavy atom. The number of esters is 3. The van der Waals surface area contributed by atoms with E-state index in [2.05, 4.69) is 130 Å². The maximum absolute atomic E-state index is 12.9. The Bertz CT molecular complexity index is 1560. The number of rotatable bonds is 58. The lowest BCUT2D eigenvalue weighted by atomic mass is 10.1. The number of allylic oxidation sites excluding steroid dienone is 18. The molecular weight excluding hydrogens is 949 g/mol. The number of hydrogen-bond acceptors (Lipinski definition) is 6. The molecule has 0 aromatic rings. The molecule has 0 heterocycles. The third kappa shape index (κ3) is 62.8. The molecule has 440 valence electrons. The predicted molar refractivity (Wildman–Crippen MR) is 334 cm³/mol. The number of carbonyl (C=O) groups is 3. The molecule has 0 aromatic carbocycles. The van der Waals surface area contributed by atoms with Crippen LogP contribution >= 0.6 is 0 Å². The molecule has 0 saturated carbocycles. The second kappa shape index (κ2) is 64.6. The fraction of sp³-hybridized carbons (Fsp3) is 0.704. The minimum Gasteiger partial charge on any atom is -0.462 e. The maximum atomic E-state index is 12.9. The van der Waals surface area contributed by atoms with Gasteiger partial charge in [0.25, 0.3) is 0 Å². The van der Waals surface area contributed by atoms with Crippen LogP contribution in [0.2, 0.25) is 0 Å². The van der Waals surface area contributed by atoms with Gasteiger partial charge in [0.1, 0.15) is 13.2 Å². The number of carbonyl (C=O) groups excluding carboxylic acids is 3. The van der Waals surface area contributed by atoms with Crippen LogP contribution < -0.4 is 0 Å². The van der Waals surface area contributed by atoms with Crippen molar-refractivity contribution < 1.29 is 28.6 Å². The lowest BCUT2D eigenvalue weighted by Gasteiger charge is -2.18. The Morgan fingerprint density at radius 3 is 0.805 bits per heavy atom. The van der Waals surface area contributed by atoms with Crippen LogP contribution in [0.25, 0.3) is 0 Å². The van der Waals surface area contributed by atoms with Gasteiger partial charge >= 0.3 is 17.9 Å². The minimum absolute atomic E-state index is 0.0823. The third-order valence-electron chi connectivity index (χ3n) is 13.8. The highest BCUT2D eigenvalue weighted by Gasteiger charge is 2.19. The Morgan fingerprint density at radius 2 is 0.506 bits per heavy atom. The van der Waals surface area contributed by atoms with Gasteiger partial charge < -0.3 is 14.2 Å². The van der Waals surface area contributed by atoms with E-state index >= 15 is 0 Å². The van der Waals surface area contributed by atoms with Gasteiger partial charge in [0.15, 0.2) is 6.10 Å². The van der Waals surface area contributed by atoms with E-state index in [1.165, 1.54) is 141 Å². The first-order valence-electron chi connectivity index (χ1n) is 32.4. The van der Waals surface area contributed by atoms with Crippen LogP contribution in [0.4, 0.5) is 0 Å². The van der Waals surface area contributed by atoms with Gasteiger partial charge in [-0.05, 0) is 109 Å². The van der Waals surface area contributed by atoms with Crippen molar-refractivity contribution in [3.8, 4) is 0 Å². The Hall–Kier alpha value is -3.93. The molecule has 0 rings (SSSR count). The zero-order valence-electron chi connectivity index (χ0n) is 50.4. The molecule has 6 nitrogen and oxygen atoms in total. The molecule has 1 atom stereocenters. The highest BCUT2D eigenvalue weighted by molar-refractivity contribution is 5.71. The quantitative estimate of drug-likeness (QED) is 0.0261. The molecule has 0 radical (unpaired) electrons. The Labute approximate surface area is 476 Å². The SMILES string of the molecule is CC/C=C\C/C=C\C/C=C\C/C=C\C/C=C\C/C=C\C/C=C\C/C=C\CCCCCCCCC(=O)OCC(COC(=O)CCCCCCCCCCCCC)OC(=O)CCCCCCCCC/C=C\CCCCCCCC. The van der Waals surface area contributed by atoms with Crippen molar-refractivity contribution >= 4 is 17.9 Å². The molecule has 0 amide bonds. The first kappa shape index (κ1) is 73.1. The lowest BCUT2D eigenvalue weighted by Crippen LogP contribution is -2.30. The van der Waals surface area contributed by atoms with Crippen LogP contribution in [-0.4, -0.2) is 37.2 Å². The van der Waals surface area contributed by atoms with E-state index in [1.54, 1.807) is 0 Å². The standard InChI is InChI=1S/C71H120O6/c1-4-7-10-13-16-19-22-24-26-28-29-30-31-32-33-34-35-36-37-38-39-40-41-43-44-46-49-52-55-58-61-64-70(73)76-67-68(66-75-69(72)63-60-57-54-51-48-21-18-15-12-9-6-3)77-71(74)65-62-59-56-53-50-47-45-42-27-25-23-20-17-14-11-8-5-2/h7,10,16,19,24-27,29-30,32-33,35-36,38-39,41,43,68H,4-6,8-9,11-15,17-18,20-23,28,31,34,37,40,42,44-67H2,1-3H3/b10-7-,19-16-,26-24-,27-25-,30-29-,33-32-,36-35-,39-38-,43-41-. The first-order chi connectivity index (χ1) is 38.0. The van der Waals surface area contributed by atoms with Crippen molar-refractivity contribution in [2.75, 3.05) is 13.2 Å². The van der Waals surface area contributed by atoms with E-state index in [1.807, 2.05) is 0 Å². The summed E-state index contributed by atoms with van der Waals surface area (Å²) in [6, 6.07) is 0. The smallest absolute Gasteiger partial charge is 0.306 e. The van der Waals surface area contributed by atoms with Gasteiger partial charge in [0, 0.05) is 19.3 Å². The average molecular weight is 1070 g/mol. The summed E-state index contributed by atoms with van der Waals surface area (Å²) in [5, 5.41) is 0. The molecule has 1 unspecified atom stereocenters. The van der Waals surface area contributed by atoms with Crippen molar-refractivity contribution in [1.82, 2.24) is 0 Å². The molecule has 6 heteroatoms. The van der Waals surface area contributed by atoms with Crippen molar-refractivity contribution in [3.63, 3.8) is 0 Å². The zero-order valence-corrected chi connectivity index (χ0v) is 50.4. The zero-order chi connectivity index (χ0) is 55.7. The minimum atomic E-state index is -0.786. The van der Waals surface area contributed by atoms with Crippen LogP contribution in [0.5, 0.6) is 0 Å². The van der Waals surface area contributed by atoms with E-state index in [9.17, 15) is 14.4 Å². The van der Waals surface area contributed by atoms with Gasteiger partial charge in [-0.15, -0.1) is 0 Å². The summed E-state index contributed by atoms with van der Waals surface area (Å²) in [6.45, 7) is 6.52. The number of unbranched alkanes of at least 4 members (excludes halogenated alkanes) is 29. The molecule has 0 aliphatic carbocycles. The van der Waals surface area contributed by atoms with Crippen molar-refractivity contribution in [2.45, 2.75) is 309 Å². The summed E-state index contributed by atoms with van der Waals surface area (Å²) in [5.41, 5.74) is 0. The van der Waals surface area contributed by atoms with E-state index < -0.39 is 6.10 Å². The first-order valence-corrected chi connectivity index (χ1v) is 32.4. The van der Waals surface area contributed by atoms with Gasteiger partial charge in [0.05, 0.1) is 0 Å².